The SMILES string of the molecule is Brc1cnc(NCCc2ccco2)cn1. The molecule has 0 atom stereocenters. The zero-order chi connectivity index (χ0) is 10.5. The Hall–Kier alpha value is -1.36. The Morgan fingerprint density at radius 1 is 1.33 bits per heavy atom. The van der Waals surface area contributed by atoms with Crippen LogP contribution in [0.1, 0.15) is 5.76 Å². The van der Waals surface area contributed by atoms with E-state index in [4.69, 9.17) is 4.42 Å². The van der Waals surface area contributed by atoms with Gasteiger partial charge in [0.05, 0.1) is 18.7 Å². The molecular formula is C10H10BrN3O. The first-order chi connectivity index (χ1) is 7.34. The lowest BCUT2D eigenvalue weighted by Crippen LogP contribution is -2.05. The molecule has 0 spiro atoms. The fraction of sp³-hybridized carbons (Fsp3) is 0.200. The van der Waals surface area contributed by atoms with Crippen LogP contribution in [0, 0.1) is 0 Å². The van der Waals surface area contributed by atoms with Gasteiger partial charge in [-0.2, -0.15) is 0 Å². The molecule has 5 heteroatoms. The topological polar surface area (TPSA) is 51.0 Å². The quantitative estimate of drug-likeness (QED) is 0.925. The molecule has 2 heterocycles. The maximum absolute atomic E-state index is 5.21. The molecule has 2 rings (SSSR count). The molecule has 1 N–H and O–H groups in total. The van der Waals surface area contributed by atoms with Crippen LogP contribution >= 0.6 is 15.9 Å². The Labute approximate surface area is 95.9 Å². The summed E-state index contributed by atoms with van der Waals surface area (Å²) in [4.78, 5) is 8.21. The normalized spacial score (nSPS) is 10.2. The van der Waals surface area contributed by atoms with E-state index in [1.54, 1.807) is 18.7 Å². The van der Waals surface area contributed by atoms with Crippen molar-refractivity contribution in [3.8, 4) is 0 Å². The van der Waals surface area contributed by atoms with Crippen molar-refractivity contribution in [1.82, 2.24) is 9.97 Å². The van der Waals surface area contributed by atoms with Crippen LogP contribution in [0.3, 0.4) is 0 Å². The molecule has 0 fully saturated rings. The number of hydrogen-bond donors (Lipinski definition) is 1. The Bertz CT molecular complexity index is 399. The highest BCUT2D eigenvalue weighted by Crippen LogP contribution is 2.06. The molecule has 15 heavy (non-hydrogen) atoms. The zero-order valence-electron chi connectivity index (χ0n) is 7.98. The van der Waals surface area contributed by atoms with E-state index >= 15 is 0 Å². The van der Waals surface area contributed by atoms with Gasteiger partial charge in [0, 0.05) is 13.0 Å². The van der Waals surface area contributed by atoms with Crippen molar-refractivity contribution in [1.29, 1.82) is 0 Å². The molecule has 0 radical (unpaired) electrons. The van der Waals surface area contributed by atoms with Crippen LogP contribution in [0.5, 0.6) is 0 Å². The van der Waals surface area contributed by atoms with E-state index in [-0.39, 0.29) is 0 Å². The minimum atomic E-state index is 0.735. The maximum Gasteiger partial charge on any atom is 0.144 e. The van der Waals surface area contributed by atoms with E-state index in [1.165, 1.54) is 0 Å². The molecule has 0 bridgehead atoms. The average Bonchev–Trinajstić information content (AvgIpc) is 2.74. The minimum absolute atomic E-state index is 0.735. The summed E-state index contributed by atoms with van der Waals surface area (Å²) in [6.07, 6.45) is 5.86. The van der Waals surface area contributed by atoms with Gasteiger partial charge in [0.15, 0.2) is 0 Å². The maximum atomic E-state index is 5.21. The second-order valence-corrected chi connectivity index (χ2v) is 3.79. The van der Waals surface area contributed by atoms with E-state index in [1.807, 2.05) is 12.1 Å². The van der Waals surface area contributed by atoms with E-state index < -0.39 is 0 Å². The highest BCUT2D eigenvalue weighted by molar-refractivity contribution is 9.10. The van der Waals surface area contributed by atoms with Gasteiger partial charge in [0.2, 0.25) is 0 Å². The van der Waals surface area contributed by atoms with Crippen molar-refractivity contribution >= 4 is 21.7 Å². The van der Waals surface area contributed by atoms with Gasteiger partial charge in [-0.25, -0.2) is 9.97 Å². The Balaban J connectivity index is 1.81. The first-order valence-corrected chi connectivity index (χ1v) is 5.38. The standard InChI is InChI=1S/C10H10BrN3O/c11-9-6-14-10(7-13-9)12-4-3-8-2-1-5-15-8/h1-2,5-7H,3-4H2,(H,12,14). The molecule has 0 aliphatic carbocycles. The number of rotatable bonds is 4. The van der Waals surface area contributed by atoms with Crippen molar-refractivity contribution < 1.29 is 4.42 Å². The van der Waals surface area contributed by atoms with Gasteiger partial charge in [0.1, 0.15) is 16.2 Å². The van der Waals surface area contributed by atoms with E-state index in [9.17, 15) is 0 Å². The van der Waals surface area contributed by atoms with Crippen LogP contribution in [0.2, 0.25) is 0 Å². The lowest BCUT2D eigenvalue weighted by molar-refractivity contribution is 0.513. The monoisotopic (exact) mass is 267 g/mol. The van der Waals surface area contributed by atoms with Crippen LogP contribution in [0.15, 0.2) is 39.8 Å². The van der Waals surface area contributed by atoms with Gasteiger partial charge < -0.3 is 9.73 Å². The van der Waals surface area contributed by atoms with Crippen LogP contribution in [0.4, 0.5) is 5.82 Å². The molecule has 0 saturated carbocycles. The van der Waals surface area contributed by atoms with Gasteiger partial charge in [-0.1, -0.05) is 0 Å². The lowest BCUT2D eigenvalue weighted by atomic mass is 10.3. The number of hydrogen-bond acceptors (Lipinski definition) is 4. The second kappa shape index (κ2) is 4.93. The van der Waals surface area contributed by atoms with Crippen molar-refractivity contribution in [2.45, 2.75) is 6.42 Å². The summed E-state index contributed by atoms with van der Waals surface area (Å²) in [7, 11) is 0. The van der Waals surface area contributed by atoms with Crippen LogP contribution in [-0.4, -0.2) is 16.5 Å². The third-order valence-electron chi connectivity index (χ3n) is 1.88. The predicted molar refractivity (Wildman–Crippen MR) is 60.6 cm³/mol. The number of aromatic nitrogens is 2. The van der Waals surface area contributed by atoms with Crippen LogP contribution in [-0.2, 0) is 6.42 Å². The first kappa shape index (κ1) is 10.2. The molecule has 2 aromatic rings. The smallest absolute Gasteiger partial charge is 0.144 e. The molecule has 78 valence electrons. The van der Waals surface area contributed by atoms with Crippen molar-refractivity contribution in [2.24, 2.45) is 0 Å². The van der Waals surface area contributed by atoms with E-state index in [0.717, 1.165) is 29.1 Å². The number of nitrogens with zero attached hydrogens (tertiary/aromatic N) is 2. The Morgan fingerprint density at radius 2 is 2.27 bits per heavy atom. The van der Waals surface area contributed by atoms with Gasteiger partial charge in [-0.15, -0.1) is 0 Å². The third-order valence-corrected chi connectivity index (χ3v) is 2.29. The average molecular weight is 268 g/mol. The summed E-state index contributed by atoms with van der Waals surface area (Å²) in [6.45, 7) is 0.782. The van der Waals surface area contributed by atoms with E-state index in [2.05, 4.69) is 31.2 Å². The lowest BCUT2D eigenvalue weighted by Gasteiger charge is -2.02. The number of halogens is 1. The zero-order valence-corrected chi connectivity index (χ0v) is 9.57. The van der Waals surface area contributed by atoms with Crippen LogP contribution < -0.4 is 5.32 Å². The van der Waals surface area contributed by atoms with Gasteiger partial charge in [-0.3, -0.25) is 0 Å². The van der Waals surface area contributed by atoms with Crippen LogP contribution in [0.25, 0.3) is 0 Å². The number of furan rings is 1. The Morgan fingerprint density at radius 3 is 2.93 bits per heavy atom. The molecule has 0 aliphatic rings. The summed E-state index contributed by atoms with van der Waals surface area (Å²) in [5.74, 6) is 1.73. The third kappa shape index (κ3) is 3.06. The molecule has 0 saturated heterocycles. The summed E-state index contributed by atoms with van der Waals surface area (Å²) >= 11 is 3.23. The summed E-state index contributed by atoms with van der Waals surface area (Å²) < 4.78 is 5.94. The summed E-state index contributed by atoms with van der Waals surface area (Å²) in [6, 6.07) is 3.84. The first-order valence-electron chi connectivity index (χ1n) is 4.58. The van der Waals surface area contributed by atoms with Crippen molar-refractivity contribution in [3.05, 3.63) is 41.2 Å². The highest BCUT2D eigenvalue weighted by atomic mass is 79.9. The highest BCUT2D eigenvalue weighted by Gasteiger charge is 1.97. The van der Waals surface area contributed by atoms with Gasteiger partial charge in [-0.05, 0) is 28.1 Å². The molecule has 2 aromatic heterocycles. The molecule has 0 unspecified atom stereocenters. The molecule has 0 aromatic carbocycles. The van der Waals surface area contributed by atoms with Crippen molar-refractivity contribution in [3.63, 3.8) is 0 Å². The molecule has 0 amide bonds. The largest absolute Gasteiger partial charge is 0.469 e. The van der Waals surface area contributed by atoms with Gasteiger partial charge >= 0.3 is 0 Å². The fourth-order valence-electron chi connectivity index (χ4n) is 1.17. The molecule has 0 aliphatic heterocycles. The summed E-state index contributed by atoms with van der Waals surface area (Å²) in [5, 5.41) is 3.16. The van der Waals surface area contributed by atoms with Gasteiger partial charge in [0.25, 0.3) is 0 Å². The molecule has 4 nitrogen and oxygen atoms in total. The molecular weight excluding hydrogens is 258 g/mol. The van der Waals surface area contributed by atoms with E-state index in [0.29, 0.717) is 0 Å². The Kier molecular flexibility index (Phi) is 3.34. The fourth-order valence-corrected chi connectivity index (χ4v) is 1.38. The predicted octanol–water partition coefficient (Wildman–Crippen LogP) is 2.49. The minimum Gasteiger partial charge on any atom is -0.469 e. The second-order valence-electron chi connectivity index (χ2n) is 2.98. The summed E-state index contributed by atoms with van der Waals surface area (Å²) in [5.41, 5.74) is 0. The van der Waals surface area contributed by atoms with Crippen molar-refractivity contribution in [2.75, 3.05) is 11.9 Å². The number of nitrogens with one attached hydrogen (secondary N) is 1. The number of anilines is 1.